The fourth-order valence-electron chi connectivity index (χ4n) is 2.27. The highest BCUT2D eigenvalue weighted by molar-refractivity contribution is 7.22. The van der Waals surface area contributed by atoms with Crippen LogP contribution in [-0.4, -0.2) is 24.0 Å². The Labute approximate surface area is 149 Å². The van der Waals surface area contributed by atoms with Crippen molar-refractivity contribution in [3.05, 3.63) is 54.1 Å². The summed E-state index contributed by atoms with van der Waals surface area (Å²) >= 11 is 1.43. The Bertz CT molecular complexity index is 872. The van der Waals surface area contributed by atoms with Crippen LogP contribution in [-0.2, 0) is 11.3 Å². The van der Waals surface area contributed by atoms with E-state index in [0.717, 1.165) is 21.5 Å². The molecule has 1 heterocycles. The third-order valence-corrected chi connectivity index (χ3v) is 4.72. The van der Waals surface area contributed by atoms with E-state index in [2.05, 4.69) is 15.6 Å². The number of anilines is 2. The zero-order valence-electron chi connectivity index (χ0n) is 13.9. The number of fused-ring (bicyclic) bond motifs is 1. The van der Waals surface area contributed by atoms with Crippen LogP contribution in [0.2, 0.25) is 0 Å². The molecule has 128 valence electrons. The fraction of sp³-hybridized carbons (Fsp3) is 0.167. The number of hydrogen-bond donors (Lipinski definition) is 2. The largest absolute Gasteiger partial charge is 0.334 e. The molecular weight excluding hydrogens is 336 g/mol. The minimum absolute atomic E-state index is 0.0268. The van der Waals surface area contributed by atoms with Gasteiger partial charge in [-0.2, -0.15) is 0 Å². The lowest BCUT2D eigenvalue weighted by Crippen LogP contribution is -2.28. The van der Waals surface area contributed by atoms with Crippen LogP contribution in [0.15, 0.2) is 48.5 Å². The summed E-state index contributed by atoms with van der Waals surface area (Å²) in [4.78, 5) is 29.3. The molecule has 3 aromatic rings. The summed E-state index contributed by atoms with van der Waals surface area (Å²) in [5.74, 6) is -0.0268. The first-order valence-electron chi connectivity index (χ1n) is 7.76. The molecule has 7 heteroatoms. The van der Waals surface area contributed by atoms with Gasteiger partial charge in [0.15, 0.2) is 5.13 Å². The number of hydrogen-bond acceptors (Lipinski definition) is 4. The molecule has 3 amide bonds. The summed E-state index contributed by atoms with van der Waals surface area (Å²) in [6, 6.07) is 14.9. The maximum Gasteiger partial charge on any atom is 0.321 e. The second kappa shape index (κ2) is 7.31. The van der Waals surface area contributed by atoms with Crippen molar-refractivity contribution in [2.75, 3.05) is 17.3 Å². The van der Waals surface area contributed by atoms with Gasteiger partial charge >= 0.3 is 6.03 Å². The monoisotopic (exact) mass is 354 g/mol. The maximum atomic E-state index is 12.0. The van der Waals surface area contributed by atoms with E-state index in [1.54, 1.807) is 11.9 Å². The molecule has 2 N–H and O–H groups in total. The Hall–Kier alpha value is -2.93. The molecular formula is C18H18N4O2S. The minimum Gasteiger partial charge on any atom is -0.334 e. The van der Waals surface area contributed by atoms with E-state index in [4.69, 9.17) is 0 Å². The standard InChI is InChI=1S/C18H18N4O2S/c1-12(23)22(2)14-9-7-13(8-10-14)11-19-17(24)21-18-20-15-5-3-4-6-16(15)25-18/h3-10H,11H2,1-2H3,(H2,19,20,21,24). The summed E-state index contributed by atoms with van der Waals surface area (Å²) in [7, 11) is 1.72. The van der Waals surface area contributed by atoms with Crippen molar-refractivity contribution in [3.63, 3.8) is 0 Å². The summed E-state index contributed by atoms with van der Waals surface area (Å²) in [5.41, 5.74) is 2.63. The van der Waals surface area contributed by atoms with Gasteiger partial charge in [0.1, 0.15) is 0 Å². The fourth-order valence-corrected chi connectivity index (χ4v) is 3.13. The molecule has 0 aliphatic carbocycles. The van der Waals surface area contributed by atoms with Crippen LogP contribution in [0.3, 0.4) is 0 Å². The molecule has 6 nitrogen and oxygen atoms in total. The lowest BCUT2D eigenvalue weighted by molar-refractivity contribution is -0.116. The van der Waals surface area contributed by atoms with Gasteiger partial charge in [-0.05, 0) is 29.8 Å². The highest BCUT2D eigenvalue weighted by atomic mass is 32.1. The number of nitrogens with one attached hydrogen (secondary N) is 2. The highest BCUT2D eigenvalue weighted by Crippen LogP contribution is 2.25. The van der Waals surface area contributed by atoms with Gasteiger partial charge in [-0.15, -0.1) is 0 Å². The molecule has 25 heavy (non-hydrogen) atoms. The number of nitrogens with zero attached hydrogens (tertiary/aromatic N) is 2. The molecule has 0 radical (unpaired) electrons. The average molecular weight is 354 g/mol. The van der Waals surface area contributed by atoms with Crippen molar-refractivity contribution in [2.24, 2.45) is 0 Å². The minimum atomic E-state index is -0.302. The lowest BCUT2D eigenvalue weighted by Gasteiger charge is -2.15. The molecule has 0 bridgehead atoms. The molecule has 0 fully saturated rings. The van der Waals surface area contributed by atoms with Crippen LogP contribution in [0.4, 0.5) is 15.6 Å². The van der Waals surface area contributed by atoms with E-state index in [0.29, 0.717) is 11.7 Å². The van der Waals surface area contributed by atoms with Crippen LogP contribution < -0.4 is 15.5 Å². The number of carbonyl (C=O) groups is 2. The Kier molecular flexibility index (Phi) is 4.95. The first kappa shape index (κ1) is 16.9. The number of urea groups is 1. The van der Waals surface area contributed by atoms with E-state index in [1.807, 2.05) is 48.5 Å². The lowest BCUT2D eigenvalue weighted by atomic mass is 10.2. The predicted molar refractivity (Wildman–Crippen MR) is 101 cm³/mol. The molecule has 0 unspecified atom stereocenters. The van der Waals surface area contributed by atoms with Gasteiger partial charge < -0.3 is 10.2 Å². The molecule has 2 aromatic carbocycles. The molecule has 3 rings (SSSR count). The van der Waals surface area contributed by atoms with Crippen LogP contribution in [0.25, 0.3) is 10.2 Å². The van der Waals surface area contributed by atoms with Crippen LogP contribution in [0.5, 0.6) is 0 Å². The highest BCUT2D eigenvalue weighted by Gasteiger charge is 2.08. The van der Waals surface area contributed by atoms with E-state index in [-0.39, 0.29) is 11.9 Å². The van der Waals surface area contributed by atoms with Crippen molar-refractivity contribution in [3.8, 4) is 0 Å². The van der Waals surface area contributed by atoms with E-state index >= 15 is 0 Å². The molecule has 0 saturated heterocycles. The van der Waals surface area contributed by atoms with Gasteiger partial charge in [0.2, 0.25) is 5.91 Å². The second-order valence-corrected chi connectivity index (χ2v) is 6.57. The van der Waals surface area contributed by atoms with Gasteiger partial charge in [0.25, 0.3) is 0 Å². The number of carbonyl (C=O) groups excluding carboxylic acids is 2. The van der Waals surface area contributed by atoms with Crippen LogP contribution in [0, 0.1) is 0 Å². The Balaban J connectivity index is 1.56. The average Bonchev–Trinajstić information content (AvgIpc) is 3.01. The second-order valence-electron chi connectivity index (χ2n) is 5.54. The third-order valence-electron chi connectivity index (χ3n) is 3.76. The number of amides is 3. The smallest absolute Gasteiger partial charge is 0.321 e. The first-order chi connectivity index (χ1) is 12.0. The molecule has 0 aliphatic rings. The summed E-state index contributed by atoms with van der Waals surface area (Å²) in [5, 5.41) is 6.12. The number of benzene rings is 2. The summed E-state index contributed by atoms with van der Waals surface area (Å²) < 4.78 is 1.03. The molecule has 0 aliphatic heterocycles. The molecule has 1 aromatic heterocycles. The van der Waals surface area contributed by atoms with Gasteiger partial charge in [0.05, 0.1) is 10.2 Å². The van der Waals surface area contributed by atoms with E-state index in [9.17, 15) is 9.59 Å². The van der Waals surface area contributed by atoms with Crippen molar-refractivity contribution in [2.45, 2.75) is 13.5 Å². The zero-order valence-corrected chi connectivity index (χ0v) is 14.8. The first-order valence-corrected chi connectivity index (χ1v) is 8.58. The zero-order chi connectivity index (χ0) is 17.8. The van der Waals surface area contributed by atoms with Crippen LogP contribution in [0.1, 0.15) is 12.5 Å². The van der Waals surface area contributed by atoms with Crippen molar-refractivity contribution in [1.82, 2.24) is 10.3 Å². The molecule has 0 atom stereocenters. The predicted octanol–water partition coefficient (Wildman–Crippen LogP) is 3.60. The van der Waals surface area contributed by atoms with Gasteiger partial charge in [0, 0.05) is 26.2 Å². The number of thiazole rings is 1. The number of aromatic nitrogens is 1. The van der Waals surface area contributed by atoms with E-state index in [1.165, 1.54) is 18.3 Å². The topological polar surface area (TPSA) is 74.3 Å². The van der Waals surface area contributed by atoms with Crippen molar-refractivity contribution < 1.29 is 9.59 Å². The van der Waals surface area contributed by atoms with Gasteiger partial charge in [-0.3, -0.25) is 10.1 Å². The van der Waals surface area contributed by atoms with Gasteiger partial charge in [-0.25, -0.2) is 9.78 Å². The maximum absolute atomic E-state index is 12.0. The Morgan fingerprint density at radius 1 is 1.12 bits per heavy atom. The third kappa shape index (κ3) is 4.13. The Morgan fingerprint density at radius 3 is 2.52 bits per heavy atom. The number of rotatable bonds is 4. The quantitative estimate of drug-likeness (QED) is 0.752. The van der Waals surface area contributed by atoms with Crippen molar-refractivity contribution in [1.29, 1.82) is 0 Å². The summed E-state index contributed by atoms with van der Waals surface area (Å²) in [6.07, 6.45) is 0. The summed E-state index contributed by atoms with van der Waals surface area (Å²) in [6.45, 7) is 1.91. The Morgan fingerprint density at radius 2 is 1.84 bits per heavy atom. The molecule has 0 spiro atoms. The number of para-hydroxylation sites is 1. The van der Waals surface area contributed by atoms with Crippen LogP contribution >= 0.6 is 11.3 Å². The molecule has 0 saturated carbocycles. The van der Waals surface area contributed by atoms with E-state index < -0.39 is 0 Å². The SMILES string of the molecule is CC(=O)N(C)c1ccc(CNC(=O)Nc2nc3ccccc3s2)cc1. The normalized spacial score (nSPS) is 10.5. The van der Waals surface area contributed by atoms with Crippen molar-refractivity contribution >= 4 is 44.3 Å². The van der Waals surface area contributed by atoms with Gasteiger partial charge in [-0.1, -0.05) is 35.6 Å².